The average molecular weight is 372 g/mol. The molecular formula is C16H19Cl2N3O3. The van der Waals surface area contributed by atoms with Crippen molar-refractivity contribution in [2.75, 3.05) is 19.8 Å². The summed E-state index contributed by atoms with van der Waals surface area (Å²) in [5, 5.41) is 5.18. The number of hydrogen-bond acceptors (Lipinski definition) is 5. The Balaban J connectivity index is 1.85. The Labute approximate surface area is 150 Å². The number of aromatic nitrogens is 3. The number of benzene rings is 1. The van der Waals surface area contributed by atoms with E-state index in [1.165, 1.54) is 6.33 Å². The molecule has 0 amide bonds. The van der Waals surface area contributed by atoms with Gasteiger partial charge in [-0.3, -0.25) is 0 Å². The van der Waals surface area contributed by atoms with Crippen LogP contribution in [0.1, 0.15) is 18.9 Å². The Hall–Kier alpha value is -1.18. The van der Waals surface area contributed by atoms with Crippen LogP contribution in [-0.4, -0.2) is 40.7 Å². The molecular weight excluding hydrogens is 353 g/mol. The van der Waals surface area contributed by atoms with Crippen LogP contribution in [0.5, 0.6) is 0 Å². The van der Waals surface area contributed by atoms with E-state index in [0.717, 1.165) is 6.42 Å². The molecule has 1 aliphatic rings. The van der Waals surface area contributed by atoms with Crippen molar-refractivity contribution in [1.82, 2.24) is 14.8 Å². The first kappa shape index (κ1) is 17.6. The molecule has 1 aromatic carbocycles. The molecule has 0 radical (unpaired) electrons. The summed E-state index contributed by atoms with van der Waals surface area (Å²) in [6.45, 7) is 3.97. The molecule has 2 heterocycles. The van der Waals surface area contributed by atoms with Crippen molar-refractivity contribution in [3.8, 4) is 0 Å². The van der Waals surface area contributed by atoms with Gasteiger partial charge in [-0.2, -0.15) is 5.10 Å². The molecule has 1 saturated heterocycles. The zero-order valence-electron chi connectivity index (χ0n) is 13.3. The maximum absolute atomic E-state index is 6.39. The molecule has 0 aliphatic carbocycles. The molecule has 0 N–H and O–H groups in total. The van der Waals surface area contributed by atoms with Crippen LogP contribution in [0.15, 0.2) is 30.9 Å². The van der Waals surface area contributed by atoms with Gasteiger partial charge in [-0.25, -0.2) is 9.67 Å². The van der Waals surface area contributed by atoms with E-state index in [2.05, 4.69) is 17.0 Å². The van der Waals surface area contributed by atoms with Gasteiger partial charge in [0, 0.05) is 17.2 Å². The van der Waals surface area contributed by atoms with Gasteiger partial charge in [-0.15, -0.1) is 0 Å². The van der Waals surface area contributed by atoms with Gasteiger partial charge >= 0.3 is 0 Å². The normalized spacial score (nSPS) is 23.7. The predicted molar refractivity (Wildman–Crippen MR) is 90.1 cm³/mol. The van der Waals surface area contributed by atoms with Crippen molar-refractivity contribution < 1.29 is 14.2 Å². The van der Waals surface area contributed by atoms with Crippen LogP contribution in [-0.2, 0) is 26.5 Å². The van der Waals surface area contributed by atoms with E-state index in [0.29, 0.717) is 42.0 Å². The van der Waals surface area contributed by atoms with E-state index in [-0.39, 0.29) is 6.10 Å². The van der Waals surface area contributed by atoms with E-state index < -0.39 is 5.79 Å². The van der Waals surface area contributed by atoms with Gasteiger partial charge < -0.3 is 14.2 Å². The first-order chi connectivity index (χ1) is 11.6. The van der Waals surface area contributed by atoms with E-state index in [1.807, 2.05) is 6.07 Å². The van der Waals surface area contributed by atoms with Gasteiger partial charge in [0.05, 0.1) is 18.2 Å². The van der Waals surface area contributed by atoms with Crippen LogP contribution in [0.25, 0.3) is 0 Å². The molecule has 130 valence electrons. The summed E-state index contributed by atoms with van der Waals surface area (Å²) in [6, 6.07) is 5.26. The minimum atomic E-state index is -1.05. The average Bonchev–Trinajstić information content (AvgIpc) is 3.19. The summed E-state index contributed by atoms with van der Waals surface area (Å²) in [5.74, 6) is -1.05. The molecule has 2 unspecified atom stereocenters. The van der Waals surface area contributed by atoms with Crippen LogP contribution < -0.4 is 0 Å². The Kier molecular flexibility index (Phi) is 5.73. The van der Waals surface area contributed by atoms with Crippen LogP contribution in [0.2, 0.25) is 10.0 Å². The van der Waals surface area contributed by atoms with E-state index in [1.54, 1.807) is 23.1 Å². The molecule has 0 bridgehead atoms. The minimum absolute atomic E-state index is 0.174. The van der Waals surface area contributed by atoms with Gasteiger partial charge in [0.1, 0.15) is 25.3 Å². The third-order valence-electron chi connectivity index (χ3n) is 3.69. The number of nitrogens with zero attached hydrogens (tertiary/aromatic N) is 3. The molecule has 8 heteroatoms. The monoisotopic (exact) mass is 371 g/mol. The molecule has 1 aliphatic heterocycles. The standard InChI is InChI=1S/C16H19Cl2N3O3/c1-2-5-22-7-13-8-23-16(24-13,9-21-11-19-10-20-21)14-4-3-12(17)6-15(14)18/h3-4,6,10-11,13H,2,5,7-9H2,1H3. The largest absolute Gasteiger partial charge is 0.379 e. The lowest BCUT2D eigenvalue weighted by atomic mass is 10.1. The lowest BCUT2D eigenvalue weighted by Gasteiger charge is -2.29. The number of hydrogen-bond donors (Lipinski definition) is 0. The molecule has 6 nitrogen and oxygen atoms in total. The van der Waals surface area contributed by atoms with Crippen molar-refractivity contribution in [2.45, 2.75) is 31.8 Å². The van der Waals surface area contributed by atoms with Crippen LogP contribution in [0, 0.1) is 0 Å². The van der Waals surface area contributed by atoms with Crippen molar-refractivity contribution in [2.24, 2.45) is 0 Å². The highest BCUT2D eigenvalue weighted by Gasteiger charge is 2.45. The van der Waals surface area contributed by atoms with Crippen LogP contribution in [0.3, 0.4) is 0 Å². The molecule has 2 atom stereocenters. The quantitative estimate of drug-likeness (QED) is 0.699. The van der Waals surface area contributed by atoms with Gasteiger partial charge in [0.15, 0.2) is 0 Å². The van der Waals surface area contributed by atoms with Crippen molar-refractivity contribution in [1.29, 1.82) is 0 Å². The number of ether oxygens (including phenoxy) is 3. The molecule has 1 aromatic heterocycles. The van der Waals surface area contributed by atoms with E-state index in [9.17, 15) is 0 Å². The summed E-state index contributed by atoms with van der Waals surface area (Å²) < 4.78 is 19.5. The first-order valence-electron chi connectivity index (χ1n) is 7.80. The van der Waals surface area contributed by atoms with Crippen molar-refractivity contribution in [3.63, 3.8) is 0 Å². The molecule has 1 fully saturated rings. The molecule has 3 rings (SSSR count). The zero-order valence-corrected chi connectivity index (χ0v) is 14.8. The highest BCUT2D eigenvalue weighted by atomic mass is 35.5. The summed E-state index contributed by atoms with van der Waals surface area (Å²) in [5.41, 5.74) is 0.710. The second kappa shape index (κ2) is 7.80. The Morgan fingerprint density at radius 2 is 2.29 bits per heavy atom. The number of rotatable bonds is 7. The van der Waals surface area contributed by atoms with Crippen molar-refractivity contribution >= 4 is 23.2 Å². The lowest BCUT2D eigenvalue weighted by molar-refractivity contribution is -0.193. The Morgan fingerprint density at radius 3 is 3.00 bits per heavy atom. The van der Waals surface area contributed by atoms with Gasteiger partial charge in [-0.05, 0) is 18.6 Å². The Morgan fingerprint density at radius 1 is 1.42 bits per heavy atom. The van der Waals surface area contributed by atoms with Gasteiger partial charge in [-0.1, -0.05) is 36.2 Å². The summed E-state index contributed by atoms with van der Waals surface area (Å²) in [7, 11) is 0. The van der Waals surface area contributed by atoms with Gasteiger partial charge in [0.25, 0.3) is 0 Å². The number of halogens is 2. The molecule has 24 heavy (non-hydrogen) atoms. The second-order valence-corrected chi connectivity index (χ2v) is 6.44. The Bertz CT molecular complexity index is 669. The molecule has 0 spiro atoms. The minimum Gasteiger partial charge on any atom is -0.379 e. The fourth-order valence-corrected chi connectivity index (χ4v) is 3.19. The van der Waals surface area contributed by atoms with Crippen molar-refractivity contribution in [3.05, 3.63) is 46.5 Å². The molecule has 0 saturated carbocycles. The van der Waals surface area contributed by atoms with Gasteiger partial charge in [0.2, 0.25) is 5.79 Å². The maximum atomic E-state index is 6.39. The smallest absolute Gasteiger partial charge is 0.217 e. The van der Waals surface area contributed by atoms with E-state index >= 15 is 0 Å². The SMILES string of the molecule is CCCOCC1COC(Cn2cncn2)(c2ccc(Cl)cc2Cl)O1. The molecule has 2 aromatic rings. The second-order valence-electron chi connectivity index (χ2n) is 5.60. The topological polar surface area (TPSA) is 58.4 Å². The lowest BCUT2D eigenvalue weighted by Crippen LogP contribution is -2.34. The summed E-state index contributed by atoms with van der Waals surface area (Å²) in [6.07, 6.45) is 3.86. The van der Waals surface area contributed by atoms with E-state index in [4.69, 9.17) is 37.4 Å². The predicted octanol–water partition coefficient (Wildman–Crippen LogP) is 3.28. The summed E-state index contributed by atoms with van der Waals surface area (Å²) >= 11 is 12.4. The van der Waals surface area contributed by atoms with Crippen LogP contribution >= 0.6 is 23.2 Å². The highest BCUT2D eigenvalue weighted by Crippen LogP contribution is 2.40. The maximum Gasteiger partial charge on any atom is 0.217 e. The first-order valence-corrected chi connectivity index (χ1v) is 8.56. The third-order valence-corrected chi connectivity index (χ3v) is 4.24. The fourth-order valence-electron chi connectivity index (χ4n) is 2.64. The van der Waals surface area contributed by atoms with Crippen LogP contribution in [0.4, 0.5) is 0 Å². The highest BCUT2D eigenvalue weighted by molar-refractivity contribution is 6.35. The summed E-state index contributed by atoms with van der Waals surface area (Å²) in [4.78, 5) is 3.97. The zero-order chi connectivity index (χ0) is 17.0. The fraction of sp³-hybridized carbons (Fsp3) is 0.500. The third kappa shape index (κ3) is 3.90.